The molecule has 0 bridgehead atoms. The molecule has 2 heteroatoms. The van der Waals surface area contributed by atoms with E-state index in [2.05, 4.69) is 38.1 Å². The van der Waals surface area contributed by atoms with Crippen LogP contribution in [0.2, 0.25) is 0 Å². The van der Waals surface area contributed by atoms with E-state index < -0.39 is 5.60 Å². The Bertz CT molecular complexity index is 429. The highest BCUT2D eigenvalue weighted by atomic mass is 16.3. The summed E-state index contributed by atoms with van der Waals surface area (Å²) >= 11 is 0. The van der Waals surface area contributed by atoms with Gasteiger partial charge in [-0.1, -0.05) is 121 Å². The minimum absolute atomic E-state index is 0.175. The molecule has 0 saturated carbocycles. The average Bonchev–Trinajstić information content (AvgIpc) is 2.68. The van der Waals surface area contributed by atoms with Crippen molar-refractivity contribution in [3.63, 3.8) is 0 Å². The first-order chi connectivity index (χ1) is 13.1. The van der Waals surface area contributed by atoms with E-state index in [4.69, 9.17) is 5.73 Å². The molecule has 0 aromatic heterocycles. The standard InChI is InChI=1S/C25H45NO/c1-3-5-7-9-11-16-20-25(27,21-17-12-10-8-6-4-2)24(26)22-23-18-14-13-15-19-23/h13-15,18-19,24,27H,3-12,16-17,20-22,26H2,1-2H3. The zero-order valence-electron chi connectivity index (χ0n) is 18.1. The summed E-state index contributed by atoms with van der Waals surface area (Å²) in [5.41, 5.74) is 7.07. The van der Waals surface area contributed by atoms with Gasteiger partial charge in [0.1, 0.15) is 0 Å². The van der Waals surface area contributed by atoms with E-state index in [0.29, 0.717) is 0 Å². The van der Waals surface area contributed by atoms with Crippen molar-refractivity contribution < 1.29 is 5.11 Å². The second-order valence-corrected chi connectivity index (χ2v) is 8.44. The molecule has 3 N–H and O–H groups in total. The molecule has 1 unspecified atom stereocenters. The number of hydrogen-bond acceptors (Lipinski definition) is 2. The Labute approximate surface area is 168 Å². The molecule has 0 aliphatic heterocycles. The summed E-state index contributed by atoms with van der Waals surface area (Å²) in [5, 5.41) is 11.4. The van der Waals surface area contributed by atoms with E-state index in [1.165, 1.54) is 69.8 Å². The molecular weight excluding hydrogens is 330 g/mol. The summed E-state index contributed by atoms with van der Waals surface area (Å²) in [7, 11) is 0. The lowest BCUT2D eigenvalue weighted by Crippen LogP contribution is -2.49. The molecule has 1 aromatic rings. The van der Waals surface area contributed by atoms with Gasteiger partial charge >= 0.3 is 0 Å². The molecule has 0 saturated heterocycles. The van der Waals surface area contributed by atoms with Gasteiger partial charge in [-0.2, -0.15) is 0 Å². The van der Waals surface area contributed by atoms with Crippen molar-refractivity contribution >= 4 is 0 Å². The van der Waals surface area contributed by atoms with Gasteiger partial charge in [-0.05, 0) is 24.8 Å². The Hall–Kier alpha value is -0.860. The van der Waals surface area contributed by atoms with Crippen molar-refractivity contribution in [2.75, 3.05) is 0 Å². The van der Waals surface area contributed by atoms with E-state index in [1.54, 1.807) is 0 Å². The van der Waals surface area contributed by atoms with Crippen LogP contribution in [0, 0.1) is 0 Å². The van der Waals surface area contributed by atoms with Gasteiger partial charge in [0.25, 0.3) is 0 Å². The van der Waals surface area contributed by atoms with Crippen LogP contribution in [0.15, 0.2) is 30.3 Å². The molecule has 2 nitrogen and oxygen atoms in total. The number of aliphatic hydroxyl groups is 1. The van der Waals surface area contributed by atoms with Crippen LogP contribution < -0.4 is 5.73 Å². The van der Waals surface area contributed by atoms with Gasteiger partial charge in [-0.3, -0.25) is 0 Å². The van der Waals surface area contributed by atoms with Crippen LogP contribution in [0.1, 0.15) is 109 Å². The van der Waals surface area contributed by atoms with E-state index in [0.717, 1.165) is 32.1 Å². The van der Waals surface area contributed by atoms with Crippen molar-refractivity contribution in [2.24, 2.45) is 5.73 Å². The van der Waals surface area contributed by atoms with Crippen molar-refractivity contribution in [3.05, 3.63) is 35.9 Å². The molecule has 1 aromatic carbocycles. The van der Waals surface area contributed by atoms with Gasteiger partial charge in [0.05, 0.1) is 5.60 Å². The van der Waals surface area contributed by atoms with Crippen molar-refractivity contribution in [2.45, 2.75) is 122 Å². The molecule has 0 fully saturated rings. The quantitative estimate of drug-likeness (QED) is 0.294. The smallest absolute Gasteiger partial charge is 0.0801 e. The molecule has 27 heavy (non-hydrogen) atoms. The molecule has 156 valence electrons. The Kier molecular flexibility index (Phi) is 13.5. The fourth-order valence-electron chi connectivity index (χ4n) is 3.98. The van der Waals surface area contributed by atoms with Crippen LogP contribution in [-0.4, -0.2) is 16.7 Å². The van der Waals surface area contributed by atoms with Crippen LogP contribution in [0.4, 0.5) is 0 Å². The van der Waals surface area contributed by atoms with Crippen LogP contribution in [0.5, 0.6) is 0 Å². The van der Waals surface area contributed by atoms with Crippen molar-refractivity contribution in [1.29, 1.82) is 0 Å². The van der Waals surface area contributed by atoms with Gasteiger partial charge in [0.2, 0.25) is 0 Å². The molecule has 0 spiro atoms. The fraction of sp³-hybridized carbons (Fsp3) is 0.760. The van der Waals surface area contributed by atoms with E-state index in [1.807, 2.05) is 6.07 Å². The highest BCUT2D eigenvalue weighted by molar-refractivity contribution is 5.17. The average molecular weight is 376 g/mol. The van der Waals surface area contributed by atoms with Crippen molar-refractivity contribution in [1.82, 2.24) is 0 Å². The van der Waals surface area contributed by atoms with Crippen LogP contribution in [0.25, 0.3) is 0 Å². The van der Waals surface area contributed by atoms with Gasteiger partial charge in [0, 0.05) is 6.04 Å². The zero-order chi connectivity index (χ0) is 19.8. The van der Waals surface area contributed by atoms with Crippen LogP contribution >= 0.6 is 0 Å². The molecular formula is C25H45NO. The Balaban J connectivity index is 2.49. The monoisotopic (exact) mass is 375 g/mol. The summed E-state index contributed by atoms with van der Waals surface area (Å²) in [6, 6.07) is 10.2. The minimum atomic E-state index is -0.717. The SMILES string of the molecule is CCCCCCCCC(O)(CCCCCCCC)C(N)Cc1ccccc1. The van der Waals surface area contributed by atoms with E-state index in [9.17, 15) is 5.11 Å². The van der Waals surface area contributed by atoms with Gasteiger partial charge < -0.3 is 10.8 Å². The second-order valence-electron chi connectivity index (χ2n) is 8.44. The summed E-state index contributed by atoms with van der Waals surface area (Å²) < 4.78 is 0. The third-order valence-corrected chi connectivity index (χ3v) is 5.92. The Morgan fingerprint density at radius 1 is 0.741 bits per heavy atom. The Morgan fingerprint density at radius 3 is 1.67 bits per heavy atom. The lowest BCUT2D eigenvalue weighted by Gasteiger charge is -2.35. The highest BCUT2D eigenvalue weighted by Gasteiger charge is 2.33. The summed E-state index contributed by atoms with van der Waals surface area (Å²) in [6.07, 6.45) is 17.5. The largest absolute Gasteiger partial charge is 0.388 e. The van der Waals surface area contributed by atoms with E-state index in [-0.39, 0.29) is 6.04 Å². The number of benzene rings is 1. The van der Waals surface area contributed by atoms with E-state index >= 15 is 0 Å². The van der Waals surface area contributed by atoms with Gasteiger partial charge in [0.15, 0.2) is 0 Å². The summed E-state index contributed by atoms with van der Waals surface area (Å²) in [6.45, 7) is 4.50. The molecule has 0 aliphatic rings. The number of rotatable bonds is 17. The maximum atomic E-state index is 11.4. The highest BCUT2D eigenvalue weighted by Crippen LogP contribution is 2.28. The maximum absolute atomic E-state index is 11.4. The molecule has 0 aliphatic carbocycles. The minimum Gasteiger partial charge on any atom is -0.388 e. The van der Waals surface area contributed by atoms with Gasteiger partial charge in [-0.15, -0.1) is 0 Å². The lowest BCUT2D eigenvalue weighted by molar-refractivity contribution is -0.00682. The zero-order valence-corrected chi connectivity index (χ0v) is 18.1. The predicted molar refractivity (Wildman–Crippen MR) is 119 cm³/mol. The lowest BCUT2D eigenvalue weighted by atomic mass is 9.81. The number of unbranched alkanes of at least 4 members (excludes halogenated alkanes) is 10. The predicted octanol–water partition coefficient (Wildman–Crippen LogP) is 6.79. The van der Waals surface area contributed by atoms with Crippen molar-refractivity contribution in [3.8, 4) is 0 Å². The number of nitrogens with two attached hydrogens (primary N) is 1. The topological polar surface area (TPSA) is 46.2 Å². The second kappa shape index (κ2) is 15.1. The van der Waals surface area contributed by atoms with Crippen LogP contribution in [0.3, 0.4) is 0 Å². The first kappa shape index (κ1) is 24.2. The molecule has 1 rings (SSSR count). The number of hydrogen-bond donors (Lipinski definition) is 2. The normalized spacial score (nSPS) is 13.0. The van der Waals surface area contributed by atoms with Crippen LogP contribution in [-0.2, 0) is 6.42 Å². The summed E-state index contributed by atoms with van der Waals surface area (Å²) in [4.78, 5) is 0. The first-order valence-corrected chi connectivity index (χ1v) is 11.6. The van der Waals surface area contributed by atoms with Gasteiger partial charge in [-0.25, -0.2) is 0 Å². The molecule has 1 atom stereocenters. The molecule has 0 radical (unpaired) electrons. The third-order valence-electron chi connectivity index (χ3n) is 5.92. The first-order valence-electron chi connectivity index (χ1n) is 11.6. The molecule has 0 heterocycles. The maximum Gasteiger partial charge on any atom is 0.0801 e. The third kappa shape index (κ3) is 10.9. The summed E-state index contributed by atoms with van der Waals surface area (Å²) in [5.74, 6) is 0. The molecule has 0 amide bonds. The fourth-order valence-corrected chi connectivity index (χ4v) is 3.98. The Morgan fingerprint density at radius 2 is 1.19 bits per heavy atom.